The first kappa shape index (κ1) is 18.2. The molecule has 0 N–H and O–H groups in total. The molecule has 0 spiro atoms. The zero-order valence-electron chi connectivity index (χ0n) is 10.7. The van der Waals surface area contributed by atoms with Crippen LogP contribution in [0.4, 0.5) is 26.3 Å². The predicted octanol–water partition coefficient (Wildman–Crippen LogP) is 6.75. The van der Waals surface area contributed by atoms with Crippen molar-refractivity contribution in [3.63, 3.8) is 0 Å². The lowest BCUT2D eigenvalue weighted by Gasteiger charge is -2.16. The first-order valence-corrected chi connectivity index (χ1v) is 6.85. The first-order valence-electron chi connectivity index (χ1n) is 5.71. The minimum absolute atomic E-state index is 0.0956. The third-order valence-electron chi connectivity index (χ3n) is 2.74. The second-order valence-electron chi connectivity index (χ2n) is 4.34. The lowest BCUT2D eigenvalue weighted by atomic mass is 10.0. The van der Waals surface area contributed by atoms with Crippen LogP contribution in [0.5, 0.6) is 0 Å². The molecule has 1 aromatic carbocycles. The van der Waals surface area contributed by atoms with Crippen LogP contribution in [0, 0.1) is 0 Å². The Bertz CT molecular complexity index is 755. The van der Waals surface area contributed by atoms with Crippen molar-refractivity contribution in [1.29, 1.82) is 0 Å². The molecule has 0 saturated heterocycles. The van der Waals surface area contributed by atoms with Crippen LogP contribution in [0.3, 0.4) is 0 Å². The Morgan fingerprint density at radius 2 is 1.43 bits per heavy atom. The van der Waals surface area contributed by atoms with Crippen molar-refractivity contribution in [2.45, 2.75) is 12.4 Å². The van der Waals surface area contributed by atoms with Gasteiger partial charge in [-0.05, 0) is 24.3 Å². The standard InChI is InChI=1S/C13H4Cl3F6N/c14-5-3-6(10(16)8(15)4-5)11-7(12(17,18)19)1-2-9(23-11)13(20,21)22/h1-4H. The van der Waals surface area contributed by atoms with Crippen molar-refractivity contribution in [3.05, 3.63) is 50.6 Å². The fourth-order valence-corrected chi connectivity index (χ4v) is 2.47. The fraction of sp³-hybridized carbons (Fsp3) is 0.154. The number of rotatable bonds is 1. The van der Waals surface area contributed by atoms with E-state index in [2.05, 4.69) is 4.98 Å². The smallest absolute Gasteiger partial charge is 0.243 e. The van der Waals surface area contributed by atoms with Crippen LogP contribution in [-0.4, -0.2) is 4.98 Å². The summed E-state index contributed by atoms with van der Waals surface area (Å²) in [5, 5.41) is -0.684. The summed E-state index contributed by atoms with van der Waals surface area (Å²) in [5.74, 6) is 0. The van der Waals surface area contributed by atoms with Gasteiger partial charge in [-0.1, -0.05) is 34.8 Å². The monoisotopic (exact) mass is 393 g/mol. The first-order chi connectivity index (χ1) is 10.4. The highest BCUT2D eigenvalue weighted by Crippen LogP contribution is 2.43. The second-order valence-corrected chi connectivity index (χ2v) is 5.56. The normalized spacial score (nSPS) is 12.6. The number of pyridine rings is 1. The van der Waals surface area contributed by atoms with Crippen LogP contribution < -0.4 is 0 Å². The van der Waals surface area contributed by atoms with Gasteiger partial charge in [0, 0.05) is 10.6 Å². The Balaban J connectivity index is 2.83. The summed E-state index contributed by atoms with van der Waals surface area (Å²) in [5.41, 5.74) is -4.32. The van der Waals surface area contributed by atoms with Gasteiger partial charge in [0.15, 0.2) is 0 Å². The van der Waals surface area contributed by atoms with Crippen molar-refractivity contribution in [1.82, 2.24) is 4.98 Å². The van der Waals surface area contributed by atoms with Crippen LogP contribution in [0.25, 0.3) is 11.3 Å². The van der Waals surface area contributed by atoms with E-state index in [1.807, 2.05) is 0 Å². The number of benzene rings is 1. The second kappa shape index (κ2) is 6.03. The number of hydrogen-bond donors (Lipinski definition) is 0. The lowest BCUT2D eigenvalue weighted by Crippen LogP contribution is -2.14. The molecule has 0 aliphatic rings. The molecule has 0 amide bonds. The summed E-state index contributed by atoms with van der Waals surface area (Å²) in [6, 6.07) is 2.64. The van der Waals surface area contributed by atoms with E-state index >= 15 is 0 Å². The van der Waals surface area contributed by atoms with Gasteiger partial charge in [0.25, 0.3) is 0 Å². The lowest BCUT2D eigenvalue weighted by molar-refractivity contribution is -0.144. The van der Waals surface area contributed by atoms with E-state index in [1.54, 1.807) is 0 Å². The van der Waals surface area contributed by atoms with Gasteiger partial charge in [-0.2, -0.15) is 26.3 Å². The van der Waals surface area contributed by atoms with Crippen LogP contribution >= 0.6 is 34.8 Å². The molecule has 0 fully saturated rings. The van der Waals surface area contributed by atoms with E-state index < -0.39 is 34.9 Å². The summed E-state index contributed by atoms with van der Waals surface area (Å²) < 4.78 is 77.4. The molecule has 2 rings (SSSR count). The number of halogens is 9. The average molecular weight is 395 g/mol. The van der Waals surface area contributed by atoms with Crippen LogP contribution in [0.15, 0.2) is 24.3 Å². The van der Waals surface area contributed by atoms with E-state index in [-0.39, 0.29) is 27.2 Å². The van der Waals surface area contributed by atoms with E-state index in [1.165, 1.54) is 0 Å². The number of nitrogens with zero attached hydrogens (tertiary/aromatic N) is 1. The van der Waals surface area contributed by atoms with Crippen molar-refractivity contribution >= 4 is 34.8 Å². The number of hydrogen-bond acceptors (Lipinski definition) is 1. The highest BCUT2D eigenvalue weighted by Gasteiger charge is 2.39. The van der Waals surface area contributed by atoms with Gasteiger partial charge >= 0.3 is 12.4 Å². The van der Waals surface area contributed by atoms with Crippen LogP contribution in [0.2, 0.25) is 15.1 Å². The van der Waals surface area contributed by atoms with Crippen molar-refractivity contribution in [2.75, 3.05) is 0 Å². The average Bonchev–Trinajstić information content (AvgIpc) is 2.40. The van der Waals surface area contributed by atoms with Crippen molar-refractivity contribution in [3.8, 4) is 11.3 Å². The van der Waals surface area contributed by atoms with Crippen LogP contribution in [-0.2, 0) is 12.4 Å². The van der Waals surface area contributed by atoms with Gasteiger partial charge in [-0.15, -0.1) is 0 Å². The van der Waals surface area contributed by atoms with Gasteiger partial charge in [-0.25, -0.2) is 4.98 Å². The SMILES string of the molecule is FC(F)(F)c1ccc(C(F)(F)F)c(-c2cc(Cl)cc(Cl)c2Cl)n1. The van der Waals surface area contributed by atoms with Crippen molar-refractivity contribution in [2.24, 2.45) is 0 Å². The molecule has 10 heteroatoms. The summed E-state index contributed by atoms with van der Waals surface area (Å²) in [7, 11) is 0. The minimum atomic E-state index is -4.94. The largest absolute Gasteiger partial charge is 0.433 e. The van der Waals surface area contributed by atoms with E-state index in [0.717, 1.165) is 12.1 Å². The van der Waals surface area contributed by atoms with E-state index in [0.29, 0.717) is 0 Å². The molecule has 1 nitrogen and oxygen atoms in total. The maximum atomic E-state index is 13.1. The quantitative estimate of drug-likeness (QED) is 0.385. The molecule has 124 valence electrons. The molecule has 23 heavy (non-hydrogen) atoms. The van der Waals surface area contributed by atoms with Crippen LogP contribution in [0.1, 0.15) is 11.3 Å². The number of aromatic nitrogens is 1. The molecule has 2 aromatic rings. The Labute approximate surface area is 140 Å². The molecular formula is C13H4Cl3F6N. The Morgan fingerprint density at radius 1 is 0.826 bits per heavy atom. The summed E-state index contributed by atoms with van der Waals surface area (Å²) in [6.07, 6.45) is -9.86. The van der Waals surface area contributed by atoms with Gasteiger partial charge in [0.2, 0.25) is 0 Å². The summed E-state index contributed by atoms with van der Waals surface area (Å²) >= 11 is 17.2. The van der Waals surface area contributed by atoms with Gasteiger partial charge in [0.05, 0.1) is 21.3 Å². The predicted molar refractivity (Wildman–Crippen MR) is 74.7 cm³/mol. The Morgan fingerprint density at radius 3 is 1.96 bits per heavy atom. The molecule has 0 aliphatic carbocycles. The molecule has 0 radical (unpaired) electrons. The molecule has 0 bridgehead atoms. The third kappa shape index (κ3) is 3.84. The molecule has 0 aliphatic heterocycles. The topological polar surface area (TPSA) is 12.9 Å². The summed E-state index contributed by atoms with van der Waals surface area (Å²) in [4.78, 5) is 3.08. The van der Waals surface area contributed by atoms with E-state index in [9.17, 15) is 26.3 Å². The zero-order valence-corrected chi connectivity index (χ0v) is 12.9. The highest BCUT2D eigenvalue weighted by atomic mass is 35.5. The minimum Gasteiger partial charge on any atom is -0.243 e. The van der Waals surface area contributed by atoms with Gasteiger partial charge in [-0.3, -0.25) is 0 Å². The highest BCUT2D eigenvalue weighted by molar-refractivity contribution is 6.45. The molecule has 1 heterocycles. The molecule has 1 aromatic heterocycles. The molecule has 0 atom stereocenters. The molecule has 0 saturated carbocycles. The third-order valence-corrected chi connectivity index (χ3v) is 3.76. The molecular weight excluding hydrogens is 390 g/mol. The summed E-state index contributed by atoms with van der Waals surface area (Å²) in [6.45, 7) is 0. The molecule has 0 unspecified atom stereocenters. The maximum Gasteiger partial charge on any atom is 0.433 e. The Hall–Kier alpha value is -1.18. The zero-order chi connectivity index (χ0) is 17.6. The fourth-order valence-electron chi connectivity index (χ4n) is 1.78. The number of alkyl halides is 6. The van der Waals surface area contributed by atoms with Gasteiger partial charge < -0.3 is 0 Å². The van der Waals surface area contributed by atoms with E-state index in [4.69, 9.17) is 34.8 Å². The maximum absolute atomic E-state index is 13.1. The Kier molecular flexibility index (Phi) is 4.76. The van der Waals surface area contributed by atoms with Gasteiger partial charge in [0.1, 0.15) is 5.69 Å². The van der Waals surface area contributed by atoms with Crippen molar-refractivity contribution < 1.29 is 26.3 Å².